The van der Waals surface area contributed by atoms with E-state index in [0.29, 0.717) is 21.7 Å². The average Bonchev–Trinajstić information content (AvgIpc) is 3.44. The number of pyridine rings is 1. The zero-order valence-corrected chi connectivity index (χ0v) is 19.2. The van der Waals surface area contributed by atoms with Crippen LogP contribution in [0.3, 0.4) is 0 Å². The predicted molar refractivity (Wildman–Crippen MR) is 128 cm³/mol. The first-order valence-electron chi connectivity index (χ1n) is 10.8. The number of fused-ring (bicyclic) bond motifs is 3. The van der Waals surface area contributed by atoms with Gasteiger partial charge in [-0.1, -0.05) is 50.2 Å². The van der Waals surface area contributed by atoms with Crippen molar-refractivity contribution in [1.29, 1.82) is 5.26 Å². The minimum atomic E-state index is -0.696. The van der Waals surface area contributed by atoms with Crippen molar-refractivity contribution in [2.24, 2.45) is 0 Å². The number of nitrogens with zero attached hydrogens (tertiary/aromatic N) is 7. The van der Waals surface area contributed by atoms with Gasteiger partial charge in [-0.25, -0.2) is 9.78 Å². The van der Waals surface area contributed by atoms with Crippen molar-refractivity contribution in [3.05, 3.63) is 110 Å². The van der Waals surface area contributed by atoms with Crippen LogP contribution in [0.4, 0.5) is 0 Å². The number of H-pyrrole nitrogens is 1. The van der Waals surface area contributed by atoms with E-state index in [1.54, 1.807) is 48.8 Å². The number of aromatic nitrogens is 7. The summed E-state index contributed by atoms with van der Waals surface area (Å²) in [4.78, 5) is 29.4. The molecular formula is C25H15ClN8O2+2. The number of benzene rings is 2. The normalized spacial score (nSPS) is 11.2. The standard InChI is InChI=1S/C25H14ClN8O2/c26-19-7-5-17(6-8-19)20-21(18-9-11-28-12-10-18)23-31-32(14-16-3-1-15(13-27)2-4-16)25(36)34(23)33-22(20)29-30-24(33)35/h1-12H,14H2/q+1/p+1. The smallest absolute Gasteiger partial charge is 0.240 e. The van der Waals surface area contributed by atoms with Crippen LogP contribution in [0.25, 0.3) is 33.5 Å². The summed E-state index contributed by atoms with van der Waals surface area (Å²) in [7, 11) is 0. The number of hydrogen-bond donors (Lipinski definition) is 0. The van der Waals surface area contributed by atoms with E-state index >= 15 is 0 Å². The topological polar surface area (TPSA) is 123 Å². The fourth-order valence-corrected chi connectivity index (χ4v) is 4.36. The highest BCUT2D eigenvalue weighted by molar-refractivity contribution is 6.30. The molecular weight excluding hydrogens is 480 g/mol. The molecule has 6 aromatic rings. The Kier molecular flexibility index (Phi) is 4.98. The number of rotatable bonds is 4. The quantitative estimate of drug-likeness (QED) is 0.342. The first-order chi connectivity index (χ1) is 17.5. The van der Waals surface area contributed by atoms with E-state index in [2.05, 4.69) is 26.3 Å². The van der Waals surface area contributed by atoms with Gasteiger partial charge in [0.05, 0.1) is 17.2 Å². The molecule has 0 amide bonds. The lowest BCUT2D eigenvalue weighted by Crippen LogP contribution is -2.52. The van der Waals surface area contributed by atoms with Crippen LogP contribution in [0.2, 0.25) is 5.02 Å². The maximum Gasteiger partial charge on any atom is 0.545 e. The van der Waals surface area contributed by atoms with Crippen molar-refractivity contribution in [3.63, 3.8) is 0 Å². The Morgan fingerprint density at radius 3 is 2.22 bits per heavy atom. The van der Waals surface area contributed by atoms with E-state index in [0.717, 1.165) is 21.2 Å². The average molecular weight is 495 g/mol. The van der Waals surface area contributed by atoms with Crippen molar-refractivity contribution >= 4 is 22.9 Å². The molecule has 6 rings (SSSR count). The first-order valence-corrected chi connectivity index (χ1v) is 11.2. The summed E-state index contributed by atoms with van der Waals surface area (Å²) in [5, 5.41) is 22.1. The Labute approximate surface area is 207 Å². The first kappa shape index (κ1) is 21.5. The van der Waals surface area contributed by atoms with E-state index in [9.17, 15) is 9.59 Å². The monoisotopic (exact) mass is 494 g/mol. The SMILES string of the molecule is N#Cc1ccc(C[n+]2nc3c(-c4cc[nH+]cc4)c(-c4ccc(Cl)cc4)c4nnc(=O)n4n3c2=O)cc1. The largest absolute Gasteiger partial charge is 0.545 e. The molecule has 172 valence electrons. The lowest BCUT2D eigenvalue weighted by molar-refractivity contribution is -0.755. The fourth-order valence-electron chi connectivity index (χ4n) is 4.24. The third kappa shape index (κ3) is 3.38. The van der Waals surface area contributed by atoms with Gasteiger partial charge < -0.3 is 0 Å². The van der Waals surface area contributed by atoms with Crippen molar-refractivity contribution < 1.29 is 9.67 Å². The molecule has 0 saturated carbocycles. The molecule has 10 nitrogen and oxygen atoms in total. The fraction of sp³-hybridized carbons (Fsp3) is 0.0400. The van der Waals surface area contributed by atoms with Gasteiger partial charge in [-0.05, 0) is 45.0 Å². The second-order valence-corrected chi connectivity index (χ2v) is 8.48. The van der Waals surface area contributed by atoms with Crippen LogP contribution in [0.15, 0.2) is 82.6 Å². The molecule has 0 aliphatic rings. The minimum absolute atomic E-state index is 0.141. The lowest BCUT2D eigenvalue weighted by Gasteiger charge is -2.09. The summed E-state index contributed by atoms with van der Waals surface area (Å²) >= 11 is 6.13. The second kappa shape index (κ2) is 8.33. The third-order valence-corrected chi connectivity index (χ3v) is 6.13. The van der Waals surface area contributed by atoms with Crippen LogP contribution in [0.1, 0.15) is 11.1 Å². The van der Waals surface area contributed by atoms with E-state index in [4.69, 9.17) is 16.9 Å². The van der Waals surface area contributed by atoms with Gasteiger partial charge in [-0.3, -0.25) is 0 Å². The Balaban J connectivity index is 1.71. The van der Waals surface area contributed by atoms with E-state index < -0.39 is 11.4 Å². The van der Waals surface area contributed by atoms with Crippen LogP contribution in [0.5, 0.6) is 0 Å². The summed E-state index contributed by atoms with van der Waals surface area (Å²) in [5.74, 6) is 0. The highest BCUT2D eigenvalue weighted by atomic mass is 35.5. The molecule has 0 aliphatic carbocycles. The van der Waals surface area contributed by atoms with Crippen LogP contribution >= 0.6 is 11.6 Å². The van der Waals surface area contributed by atoms with Crippen molar-refractivity contribution in [2.45, 2.75) is 6.54 Å². The van der Waals surface area contributed by atoms with E-state index in [1.165, 1.54) is 9.20 Å². The number of hydrogen-bond acceptors (Lipinski definition) is 6. The number of aromatic amines is 1. The summed E-state index contributed by atoms with van der Waals surface area (Å²) < 4.78 is 3.62. The number of nitrogens with one attached hydrogen (secondary N) is 1. The van der Waals surface area contributed by atoms with Gasteiger partial charge in [-0.15, -0.1) is 5.10 Å². The third-order valence-electron chi connectivity index (χ3n) is 5.88. The van der Waals surface area contributed by atoms with Gasteiger partial charge in [-0.2, -0.15) is 10.1 Å². The zero-order valence-electron chi connectivity index (χ0n) is 18.5. The molecule has 0 saturated heterocycles. The van der Waals surface area contributed by atoms with Crippen molar-refractivity contribution in [3.8, 4) is 28.3 Å². The summed E-state index contributed by atoms with van der Waals surface area (Å²) in [6.45, 7) is 0.141. The molecule has 36 heavy (non-hydrogen) atoms. The van der Waals surface area contributed by atoms with Gasteiger partial charge in [0, 0.05) is 28.3 Å². The highest BCUT2D eigenvalue weighted by Crippen LogP contribution is 2.36. The summed E-state index contributed by atoms with van der Waals surface area (Å²) in [6.07, 6.45) is 3.52. The molecule has 4 aromatic heterocycles. The molecule has 0 fully saturated rings. The maximum absolute atomic E-state index is 13.6. The van der Waals surface area contributed by atoms with Crippen LogP contribution < -0.4 is 21.0 Å². The Morgan fingerprint density at radius 1 is 0.861 bits per heavy atom. The molecule has 2 aromatic carbocycles. The molecule has 0 bridgehead atoms. The van der Waals surface area contributed by atoms with Gasteiger partial charge in [0.2, 0.25) is 5.65 Å². The number of nitriles is 1. The molecule has 0 unspecified atom stereocenters. The zero-order chi connectivity index (χ0) is 24.8. The molecule has 1 N–H and O–H groups in total. The summed E-state index contributed by atoms with van der Waals surface area (Å²) in [5.41, 5.74) is 3.26. The second-order valence-electron chi connectivity index (χ2n) is 8.05. The predicted octanol–water partition coefficient (Wildman–Crippen LogP) is 1.54. The van der Waals surface area contributed by atoms with Crippen molar-refractivity contribution in [2.75, 3.05) is 0 Å². The van der Waals surface area contributed by atoms with Gasteiger partial charge in [0.15, 0.2) is 12.4 Å². The van der Waals surface area contributed by atoms with Crippen LogP contribution in [-0.4, -0.2) is 24.3 Å². The Bertz CT molecular complexity index is 1910. The van der Waals surface area contributed by atoms with Crippen LogP contribution in [-0.2, 0) is 6.54 Å². The lowest BCUT2D eigenvalue weighted by atomic mass is 9.97. The molecule has 0 radical (unpaired) electrons. The highest BCUT2D eigenvalue weighted by Gasteiger charge is 2.31. The molecule has 0 atom stereocenters. The maximum atomic E-state index is 13.6. The van der Waals surface area contributed by atoms with Crippen molar-refractivity contribution in [1.82, 2.24) is 24.3 Å². The molecule has 0 spiro atoms. The van der Waals surface area contributed by atoms with Gasteiger partial charge >= 0.3 is 11.4 Å². The van der Waals surface area contributed by atoms with E-state index in [1.807, 2.05) is 24.3 Å². The Hall–Kier alpha value is -5.01. The van der Waals surface area contributed by atoms with Gasteiger partial charge in [0.25, 0.3) is 5.65 Å². The van der Waals surface area contributed by atoms with Crippen LogP contribution in [0, 0.1) is 11.3 Å². The van der Waals surface area contributed by atoms with Gasteiger partial charge in [0.1, 0.15) is 6.54 Å². The molecule has 11 heteroatoms. The number of halogens is 1. The van der Waals surface area contributed by atoms with E-state index in [-0.39, 0.29) is 17.8 Å². The molecule has 0 aliphatic heterocycles. The minimum Gasteiger partial charge on any atom is -0.240 e. The Morgan fingerprint density at radius 2 is 1.53 bits per heavy atom. The molecule has 4 heterocycles. The summed E-state index contributed by atoms with van der Waals surface area (Å²) in [6, 6.07) is 19.8.